The van der Waals surface area contributed by atoms with E-state index in [0.717, 1.165) is 0 Å². The minimum absolute atomic E-state index is 0.270. The molecule has 1 unspecified atom stereocenters. The predicted molar refractivity (Wildman–Crippen MR) is 74.4 cm³/mol. The summed E-state index contributed by atoms with van der Waals surface area (Å²) in [5.74, 6) is 0.997. The van der Waals surface area contributed by atoms with Gasteiger partial charge in [-0.05, 0) is 35.4 Å². The third kappa shape index (κ3) is 2.72. The van der Waals surface area contributed by atoms with Gasteiger partial charge in [0.05, 0.1) is 12.1 Å². The molecular weight excluding hydrogens is 318 g/mol. The summed E-state index contributed by atoms with van der Waals surface area (Å²) in [6.07, 6.45) is 0. The van der Waals surface area contributed by atoms with Gasteiger partial charge in [-0.2, -0.15) is 0 Å². The maximum atomic E-state index is 6.28. The fraction of sp³-hybridized carbons (Fsp3) is 0.167. The molecule has 0 aliphatic carbocycles. The van der Waals surface area contributed by atoms with Gasteiger partial charge in [0.15, 0.2) is 5.22 Å². The molecule has 0 aliphatic heterocycles. The molecule has 0 bridgehead atoms. The second kappa shape index (κ2) is 5.62. The molecule has 96 valence electrons. The van der Waals surface area contributed by atoms with Crippen molar-refractivity contribution >= 4 is 46.4 Å². The van der Waals surface area contributed by atoms with E-state index in [0.29, 0.717) is 27.1 Å². The lowest BCUT2D eigenvalue weighted by Crippen LogP contribution is -1.94. The molecule has 1 atom stereocenters. The van der Waals surface area contributed by atoms with Gasteiger partial charge in [0.1, 0.15) is 16.9 Å². The first-order valence-electron chi connectivity index (χ1n) is 4.95. The monoisotopic (exact) mass is 324 g/mol. The van der Waals surface area contributed by atoms with E-state index in [1.165, 1.54) is 7.11 Å². The van der Waals surface area contributed by atoms with Gasteiger partial charge in [0.25, 0.3) is 0 Å². The van der Waals surface area contributed by atoms with E-state index in [-0.39, 0.29) is 5.22 Å². The SMILES string of the molecule is COc1cc(Cl)c(C(Cl)c2ccc(Cl)o2)cc1Cl. The number of methoxy groups -OCH3 is 1. The van der Waals surface area contributed by atoms with E-state index < -0.39 is 5.38 Å². The molecule has 6 heteroatoms. The van der Waals surface area contributed by atoms with E-state index in [1.807, 2.05) is 0 Å². The van der Waals surface area contributed by atoms with Crippen LogP contribution in [0.5, 0.6) is 5.75 Å². The minimum Gasteiger partial charge on any atom is -0.495 e. The molecule has 0 N–H and O–H groups in total. The Morgan fingerprint density at radius 3 is 2.39 bits per heavy atom. The number of furan rings is 1. The molecule has 0 radical (unpaired) electrons. The van der Waals surface area contributed by atoms with Crippen LogP contribution in [0.3, 0.4) is 0 Å². The first-order chi connectivity index (χ1) is 8.52. The van der Waals surface area contributed by atoms with Gasteiger partial charge in [-0.25, -0.2) is 0 Å². The van der Waals surface area contributed by atoms with Crippen molar-refractivity contribution in [3.05, 3.63) is 50.9 Å². The average Bonchev–Trinajstić information content (AvgIpc) is 2.77. The van der Waals surface area contributed by atoms with E-state index in [9.17, 15) is 0 Å². The van der Waals surface area contributed by atoms with Crippen molar-refractivity contribution in [3.8, 4) is 5.75 Å². The van der Waals surface area contributed by atoms with Crippen LogP contribution in [-0.4, -0.2) is 7.11 Å². The minimum atomic E-state index is -0.562. The Bertz CT molecular complexity index is 565. The molecule has 0 saturated carbocycles. The Morgan fingerprint density at radius 2 is 1.83 bits per heavy atom. The largest absolute Gasteiger partial charge is 0.495 e. The fourth-order valence-electron chi connectivity index (χ4n) is 1.51. The molecular formula is C12H8Cl4O2. The highest BCUT2D eigenvalue weighted by Crippen LogP contribution is 2.39. The summed E-state index contributed by atoms with van der Waals surface area (Å²) < 4.78 is 10.3. The fourth-order valence-corrected chi connectivity index (χ4v) is 2.53. The van der Waals surface area contributed by atoms with Crippen LogP contribution in [-0.2, 0) is 0 Å². The summed E-state index contributed by atoms with van der Waals surface area (Å²) in [7, 11) is 1.52. The zero-order valence-electron chi connectivity index (χ0n) is 9.22. The van der Waals surface area contributed by atoms with Gasteiger partial charge in [-0.15, -0.1) is 11.6 Å². The molecule has 0 amide bonds. The highest BCUT2D eigenvalue weighted by Gasteiger charge is 2.20. The smallest absolute Gasteiger partial charge is 0.193 e. The van der Waals surface area contributed by atoms with Crippen LogP contribution >= 0.6 is 46.4 Å². The van der Waals surface area contributed by atoms with E-state index in [1.54, 1.807) is 24.3 Å². The van der Waals surface area contributed by atoms with Crippen LogP contribution < -0.4 is 4.74 Å². The zero-order chi connectivity index (χ0) is 13.3. The van der Waals surface area contributed by atoms with Crippen molar-refractivity contribution in [1.29, 1.82) is 0 Å². The number of rotatable bonds is 3. The van der Waals surface area contributed by atoms with E-state index in [4.69, 9.17) is 55.6 Å². The first kappa shape index (κ1) is 13.9. The second-order valence-electron chi connectivity index (χ2n) is 3.51. The summed E-state index contributed by atoms with van der Waals surface area (Å²) in [6.45, 7) is 0. The first-order valence-corrected chi connectivity index (χ1v) is 6.52. The van der Waals surface area contributed by atoms with Crippen LogP contribution in [0.25, 0.3) is 0 Å². The Balaban J connectivity index is 2.42. The predicted octanol–water partition coefficient (Wildman–Crippen LogP) is 5.58. The lowest BCUT2D eigenvalue weighted by atomic mass is 10.1. The lowest BCUT2D eigenvalue weighted by molar-refractivity contribution is 0.415. The van der Waals surface area contributed by atoms with Gasteiger partial charge in [0.2, 0.25) is 0 Å². The van der Waals surface area contributed by atoms with Crippen molar-refractivity contribution in [1.82, 2.24) is 0 Å². The maximum absolute atomic E-state index is 6.28. The Labute approximate surface area is 124 Å². The number of alkyl halides is 1. The summed E-state index contributed by atoms with van der Waals surface area (Å²) in [5, 5.41) is 0.587. The highest BCUT2D eigenvalue weighted by molar-refractivity contribution is 6.36. The number of hydrogen-bond donors (Lipinski definition) is 0. The average molecular weight is 326 g/mol. The lowest BCUT2D eigenvalue weighted by Gasteiger charge is -2.12. The Hall–Kier alpha value is -0.540. The molecule has 0 aliphatic rings. The molecule has 0 spiro atoms. The second-order valence-corrected chi connectivity index (χ2v) is 5.14. The van der Waals surface area contributed by atoms with Crippen molar-refractivity contribution < 1.29 is 9.15 Å². The zero-order valence-corrected chi connectivity index (χ0v) is 12.2. The van der Waals surface area contributed by atoms with Crippen molar-refractivity contribution in [2.75, 3.05) is 7.11 Å². The molecule has 2 aromatic rings. The van der Waals surface area contributed by atoms with Crippen LogP contribution in [0.2, 0.25) is 15.3 Å². The van der Waals surface area contributed by atoms with Gasteiger partial charge < -0.3 is 9.15 Å². The van der Waals surface area contributed by atoms with Crippen molar-refractivity contribution in [2.45, 2.75) is 5.38 Å². The molecule has 0 saturated heterocycles. The van der Waals surface area contributed by atoms with Crippen molar-refractivity contribution in [3.63, 3.8) is 0 Å². The number of benzene rings is 1. The van der Waals surface area contributed by atoms with Crippen LogP contribution in [0.15, 0.2) is 28.7 Å². The normalized spacial score (nSPS) is 12.5. The van der Waals surface area contributed by atoms with Crippen LogP contribution in [0.4, 0.5) is 0 Å². The number of ether oxygens (including phenoxy) is 1. The number of halogens is 4. The van der Waals surface area contributed by atoms with Gasteiger partial charge in [-0.3, -0.25) is 0 Å². The molecule has 1 aromatic heterocycles. The molecule has 0 fully saturated rings. The third-order valence-corrected chi connectivity index (χ3v) is 3.66. The van der Waals surface area contributed by atoms with Gasteiger partial charge >= 0.3 is 0 Å². The highest BCUT2D eigenvalue weighted by atomic mass is 35.5. The summed E-state index contributed by atoms with van der Waals surface area (Å²) in [4.78, 5) is 0. The van der Waals surface area contributed by atoms with Crippen LogP contribution in [0, 0.1) is 0 Å². The molecule has 18 heavy (non-hydrogen) atoms. The molecule has 1 aromatic carbocycles. The van der Waals surface area contributed by atoms with Crippen molar-refractivity contribution in [2.24, 2.45) is 0 Å². The quantitative estimate of drug-likeness (QED) is 0.687. The summed E-state index contributed by atoms with van der Waals surface area (Å²) in [6, 6.07) is 6.57. The molecule has 2 rings (SSSR count). The van der Waals surface area contributed by atoms with Crippen LogP contribution in [0.1, 0.15) is 16.7 Å². The maximum Gasteiger partial charge on any atom is 0.193 e. The topological polar surface area (TPSA) is 22.4 Å². The van der Waals surface area contributed by atoms with Gasteiger partial charge in [-0.1, -0.05) is 23.2 Å². The molecule has 1 heterocycles. The van der Waals surface area contributed by atoms with Gasteiger partial charge in [0, 0.05) is 11.1 Å². The Morgan fingerprint density at radius 1 is 1.11 bits per heavy atom. The Kier molecular flexibility index (Phi) is 4.33. The summed E-state index contributed by atoms with van der Waals surface area (Å²) >= 11 is 24.2. The van der Waals surface area contributed by atoms with E-state index >= 15 is 0 Å². The standard InChI is InChI=1S/C12H8Cl4O2/c1-17-10-5-7(13)6(4-8(10)14)12(16)9-2-3-11(15)18-9/h2-5,12H,1H3. The number of hydrogen-bond acceptors (Lipinski definition) is 2. The third-order valence-electron chi connectivity index (χ3n) is 2.39. The molecule has 2 nitrogen and oxygen atoms in total. The van der Waals surface area contributed by atoms with E-state index in [2.05, 4.69) is 0 Å². The summed E-state index contributed by atoms with van der Waals surface area (Å²) in [5.41, 5.74) is 0.634.